The van der Waals surface area contributed by atoms with Crippen LogP contribution in [0.1, 0.15) is 12.0 Å². The lowest BCUT2D eigenvalue weighted by atomic mass is 10.1. The highest BCUT2D eigenvalue weighted by Crippen LogP contribution is 2.20. The average molecular weight is 283 g/mol. The molecule has 1 aliphatic heterocycles. The molecule has 1 saturated heterocycles. The molecule has 1 amide bonds. The van der Waals surface area contributed by atoms with Crippen LogP contribution in [0.15, 0.2) is 29.2 Å². The van der Waals surface area contributed by atoms with Gasteiger partial charge in [-0.15, -0.1) is 0 Å². The van der Waals surface area contributed by atoms with Crippen molar-refractivity contribution < 1.29 is 18.3 Å². The number of aliphatic hydroxyl groups is 1. The first-order valence-corrected chi connectivity index (χ1v) is 7.97. The minimum absolute atomic E-state index is 0.0165. The Labute approximate surface area is 112 Å². The summed E-state index contributed by atoms with van der Waals surface area (Å²) < 4.78 is 22.7. The van der Waals surface area contributed by atoms with Gasteiger partial charge in [0.2, 0.25) is 5.91 Å². The molecule has 1 aliphatic rings. The summed E-state index contributed by atoms with van der Waals surface area (Å²) in [4.78, 5) is 13.7. The van der Waals surface area contributed by atoms with Gasteiger partial charge in [-0.1, -0.05) is 12.1 Å². The summed E-state index contributed by atoms with van der Waals surface area (Å²) in [6, 6.07) is 6.54. The number of likely N-dealkylation sites (tertiary alicyclic amines) is 1. The Morgan fingerprint density at radius 1 is 1.32 bits per heavy atom. The van der Waals surface area contributed by atoms with Gasteiger partial charge in [0.05, 0.1) is 4.90 Å². The predicted molar refractivity (Wildman–Crippen MR) is 70.2 cm³/mol. The van der Waals surface area contributed by atoms with E-state index in [9.17, 15) is 13.2 Å². The summed E-state index contributed by atoms with van der Waals surface area (Å²) in [5.41, 5.74) is 0.888. The molecule has 0 bridgehead atoms. The van der Waals surface area contributed by atoms with E-state index < -0.39 is 9.84 Å². The van der Waals surface area contributed by atoms with Crippen LogP contribution in [-0.4, -0.2) is 43.7 Å². The van der Waals surface area contributed by atoms with Crippen LogP contribution >= 0.6 is 0 Å². The van der Waals surface area contributed by atoms with Crippen molar-refractivity contribution in [2.45, 2.75) is 17.9 Å². The second kappa shape index (κ2) is 5.30. The van der Waals surface area contributed by atoms with E-state index in [0.29, 0.717) is 19.5 Å². The van der Waals surface area contributed by atoms with Gasteiger partial charge in [0.25, 0.3) is 0 Å². The van der Waals surface area contributed by atoms with Crippen LogP contribution < -0.4 is 0 Å². The minimum Gasteiger partial charge on any atom is -0.396 e. The second-order valence-electron chi connectivity index (χ2n) is 4.94. The molecule has 1 unspecified atom stereocenters. The quantitative estimate of drug-likeness (QED) is 0.869. The first kappa shape index (κ1) is 14.0. The van der Waals surface area contributed by atoms with Crippen molar-refractivity contribution in [2.75, 3.05) is 19.4 Å². The molecule has 1 atom stereocenters. The number of hydrogen-bond acceptors (Lipinski definition) is 4. The lowest BCUT2D eigenvalue weighted by Gasteiger charge is -2.16. The molecule has 0 radical (unpaired) electrons. The van der Waals surface area contributed by atoms with Crippen LogP contribution in [0.2, 0.25) is 0 Å². The van der Waals surface area contributed by atoms with Gasteiger partial charge < -0.3 is 10.0 Å². The largest absolute Gasteiger partial charge is 0.396 e. The fourth-order valence-electron chi connectivity index (χ4n) is 2.19. The van der Waals surface area contributed by atoms with E-state index >= 15 is 0 Å². The molecule has 2 rings (SSSR count). The number of carbonyl (C=O) groups is 1. The van der Waals surface area contributed by atoms with Crippen molar-refractivity contribution in [3.8, 4) is 0 Å². The summed E-state index contributed by atoms with van der Waals surface area (Å²) in [5.74, 6) is 0.0500. The summed E-state index contributed by atoms with van der Waals surface area (Å²) in [5, 5.41) is 9.05. The molecule has 6 heteroatoms. The van der Waals surface area contributed by atoms with E-state index in [0.717, 1.165) is 11.8 Å². The van der Waals surface area contributed by atoms with Crippen molar-refractivity contribution in [2.24, 2.45) is 5.92 Å². The molecule has 19 heavy (non-hydrogen) atoms. The van der Waals surface area contributed by atoms with E-state index in [4.69, 9.17) is 5.11 Å². The number of sulfone groups is 1. The van der Waals surface area contributed by atoms with Gasteiger partial charge in [0, 0.05) is 38.3 Å². The van der Waals surface area contributed by atoms with Gasteiger partial charge in [0.1, 0.15) is 0 Å². The molecule has 1 aromatic rings. The van der Waals surface area contributed by atoms with E-state index in [1.807, 2.05) is 0 Å². The molecule has 1 aromatic carbocycles. The Bertz CT molecular complexity index is 565. The normalized spacial score (nSPS) is 20.0. The fraction of sp³-hybridized carbons (Fsp3) is 0.462. The highest BCUT2D eigenvalue weighted by molar-refractivity contribution is 7.90. The third-order valence-electron chi connectivity index (χ3n) is 3.28. The summed E-state index contributed by atoms with van der Waals surface area (Å²) in [6.07, 6.45) is 1.55. The zero-order valence-electron chi connectivity index (χ0n) is 10.7. The molecule has 0 saturated carbocycles. The molecule has 104 valence electrons. The van der Waals surface area contributed by atoms with Crippen LogP contribution in [0.5, 0.6) is 0 Å². The van der Waals surface area contributed by atoms with Gasteiger partial charge in [-0.25, -0.2) is 8.42 Å². The number of rotatable bonds is 4. The lowest BCUT2D eigenvalue weighted by molar-refractivity contribution is -0.128. The Hall–Kier alpha value is -1.40. The average Bonchev–Trinajstić information content (AvgIpc) is 2.70. The van der Waals surface area contributed by atoms with Crippen LogP contribution in [0, 0.1) is 5.92 Å². The van der Waals surface area contributed by atoms with Crippen LogP contribution in [0.25, 0.3) is 0 Å². The highest BCUT2D eigenvalue weighted by Gasteiger charge is 2.28. The number of carbonyl (C=O) groups excluding carboxylic acids is 1. The maximum atomic E-state index is 11.7. The summed E-state index contributed by atoms with van der Waals surface area (Å²) in [6.45, 7) is 1.04. The SMILES string of the molecule is CS(=O)(=O)c1ccc(CN2CC(CO)CC2=O)cc1. The highest BCUT2D eigenvalue weighted by atomic mass is 32.2. The molecule has 1 fully saturated rings. The van der Waals surface area contributed by atoms with Crippen molar-refractivity contribution in [3.05, 3.63) is 29.8 Å². The van der Waals surface area contributed by atoms with Crippen molar-refractivity contribution in [1.29, 1.82) is 0 Å². The number of aliphatic hydroxyl groups excluding tert-OH is 1. The zero-order valence-corrected chi connectivity index (χ0v) is 11.6. The van der Waals surface area contributed by atoms with Crippen molar-refractivity contribution >= 4 is 15.7 Å². The third kappa shape index (κ3) is 3.33. The predicted octanol–water partition coefficient (Wildman–Crippen LogP) is 0.431. The topological polar surface area (TPSA) is 74.7 Å². The first-order chi connectivity index (χ1) is 8.90. The molecular weight excluding hydrogens is 266 g/mol. The number of hydrogen-bond donors (Lipinski definition) is 1. The maximum Gasteiger partial charge on any atom is 0.223 e. The molecular formula is C13H17NO4S. The number of nitrogens with zero attached hydrogens (tertiary/aromatic N) is 1. The smallest absolute Gasteiger partial charge is 0.223 e. The Kier molecular flexibility index (Phi) is 3.91. The molecule has 0 spiro atoms. The monoisotopic (exact) mass is 283 g/mol. The third-order valence-corrected chi connectivity index (χ3v) is 4.41. The van der Waals surface area contributed by atoms with Gasteiger partial charge in [-0.3, -0.25) is 4.79 Å². The van der Waals surface area contributed by atoms with E-state index in [-0.39, 0.29) is 23.3 Å². The van der Waals surface area contributed by atoms with Gasteiger partial charge >= 0.3 is 0 Å². The molecule has 1 N–H and O–H groups in total. The Morgan fingerprint density at radius 3 is 2.42 bits per heavy atom. The molecule has 5 nitrogen and oxygen atoms in total. The van der Waals surface area contributed by atoms with Gasteiger partial charge in [-0.05, 0) is 17.7 Å². The zero-order chi connectivity index (χ0) is 14.0. The van der Waals surface area contributed by atoms with Gasteiger partial charge in [0.15, 0.2) is 9.84 Å². The first-order valence-electron chi connectivity index (χ1n) is 6.08. The summed E-state index contributed by atoms with van der Waals surface area (Å²) in [7, 11) is -3.18. The number of amides is 1. The molecule has 0 aliphatic carbocycles. The minimum atomic E-state index is -3.18. The fourth-order valence-corrected chi connectivity index (χ4v) is 2.82. The van der Waals surface area contributed by atoms with E-state index in [2.05, 4.69) is 0 Å². The standard InChI is InChI=1S/C13H17NO4S/c1-19(17,18)12-4-2-10(3-5-12)7-14-8-11(9-15)6-13(14)16/h2-5,11,15H,6-9H2,1H3. The second-order valence-corrected chi connectivity index (χ2v) is 6.96. The van der Waals surface area contributed by atoms with E-state index in [1.54, 1.807) is 29.2 Å². The van der Waals surface area contributed by atoms with E-state index in [1.165, 1.54) is 0 Å². The van der Waals surface area contributed by atoms with Gasteiger partial charge in [-0.2, -0.15) is 0 Å². The Balaban J connectivity index is 2.06. The Morgan fingerprint density at radius 2 is 1.95 bits per heavy atom. The van der Waals surface area contributed by atoms with Crippen LogP contribution in [0.4, 0.5) is 0 Å². The molecule has 0 aromatic heterocycles. The molecule has 1 heterocycles. The van der Waals surface area contributed by atoms with Crippen LogP contribution in [0.3, 0.4) is 0 Å². The van der Waals surface area contributed by atoms with Crippen molar-refractivity contribution in [3.63, 3.8) is 0 Å². The summed E-state index contributed by atoms with van der Waals surface area (Å²) >= 11 is 0. The van der Waals surface area contributed by atoms with Crippen LogP contribution in [-0.2, 0) is 21.2 Å². The lowest BCUT2D eigenvalue weighted by Crippen LogP contribution is -2.24. The van der Waals surface area contributed by atoms with Crippen molar-refractivity contribution in [1.82, 2.24) is 4.90 Å². The maximum absolute atomic E-state index is 11.7. The number of benzene rings is 1.